The lowest BCUT2D eigenvalue weighted by Crippen LogP contribution is -2.19. The summed E-state index contributed by atoms with van der Waals surface area (Å²) in [6.45, 7) is 1.68. The molecule has 2 aromatic rings. The third-order valence-corrected chi connectivity index (χ3v) is 2.84. The van der Waals surface area contributed by atoms with Gasteiger partial charge in [-0.2, -0.15) is 5.10 Å². The smallest absolute Gasteiger partial charge is 0.272 e. The normalized spacial score (nSPS) is 11.0. The highest BCUT2D eigenvalue weighted by atomic mass is 16.5. The van der Waals surface area contributed by atoms with Gasteiger partial charge in [-0.05, 0) is 37.3 Å². The minimum absolute atomic E-state index is 0.0627. The fraction of sp³-hybridized carbons (Fsp3) is 0.133. The molecule has 2 N–H and O–H groups in total. The summed E-state index contributed by atoms with van der Waals surface area (Å²) in [5.41, 5.74) is 3.77. The number of rotatable bonds is 4. The van der Waals surface area contributed by atoms with E-state index >= 15 is 0 Å². The molecule has 1 amide bonds. The summed E-state index contributed by atoms with van der Waals surface area (Å²) in [4.78, 5) is 15.7. The zero-order valence-electron chi connectivity index (χ0n) is 11.7. The molecule has 0 saturated carbocycles. The lowest BCUT2D eigenvalue weighted by atomic mass is 10.1. The van der Waals surface area contributed by atoms with Gasteiger partial charge in [0.2, 0.25) is 0 Å². The van der Waals surface area contributed by atoms with E-state index in [1.807, 2.05) is 0 Å². The lowest BCUT2D eigenvalue weighted by Gasteiger charge is -2.07. The molecule has 0 radical (unpaired) electrons. The van der Waals surface area contributed by atoms with Crippen molar-refractivity contribution in [3.05, 3.63) is 53.9 Å². The molecule has 0 aliphatic heterocycles. The van der Waals surface area contributed by atoms with E-state index in [-0.39, 0.29) is 11.7 Å². The molecule has 0 unspecified atom stereocenters. The first kappa shape index (κ1) is 14.5. The average Bonchev–Trinajstić information content (AvgIpc) is 2.53. The summed E-state index contributed by atoms with van der Waals surface area (Å²) in [5, 5.41) is 13.8. The number of aromatic hydroxyl groups is 1. The fourth-order valence-electron chi connectivity index (χ4n) is 1.69. The maximum Gasteiger partial charge on any atom is 0.272 e. The van der Waals surface area contributed by atoms with E-state index in [2.05, 4.69) is 15.5 Å². The van der Waals surface area contributed by atoms with Gasteiger partial charge in [-0.25, -0.2) is 5.43 Å². The van der Waals surface area contributed by atoms with Gasteiger partial charge in [0.05, 0.1) is 18.4 Å². The second-order valence-corrected chi connectivity index (χ2v) is 4.26. The van der Waals surface area contributed by atoms with Gasteiger partial charge in [0, 0.05) is 18.0 Å². The Morgan fingerprint density at radius 3 is 2.86 bits per heavy atom. The van der Waals surface area contributed by atoms with Crippen LogP contribution in [0.1, 0.15) is 22.8 Å². The second-order valence-electron chi connectivity index (χ2n) is 4.26. The van der Waals surface area contributed by atoms with Crippen LogP contribution in [0, 0.1) is 0 Å². The van der Waals surface area contributed by atoms with E-state index in [9.17, 15) is 9.90 Å². The highest BCUT2D eigenvalue weighted by Crippen LogP contribution is 2.23. The van der Waals surface area contributed by atoms with Crippen LogP contribution < -0.4 is 10.2 Å². The summed E-state index contributed by atoms with van der Waals surface area (Å²) in [6.07, 6.45) is 3.03. The average molecular weight is 285 g/mol. The van der Waals surface area contributed by atoms with Crippen molar-refractivity contribution in [2.75, 3.05) is 7.11 Å². The van der Waals surface area contributed by atoms with Gasteiger partial charge in [0.1, 0.15) is 11.5 Å². The molecule has 1 heterocycles. The number of amides is 1. The number of phenols is 1. The van der Waals surface area contributed by atoms with Crippen molar-refractivity contribution in [1.29, 1.82) is 0 Å². The Kier molecular flexibility index (Phi) is 4.50. The predicted octanol–water partition coefficient (Wildman–Crippen LogP) is 1.95. The number of carbonyl (C=O) groups is 1. The Labute approximate surface area is 122 Å². The molecule has 0 spiro atoms. The minimum atomic E-state index is -0.371. The van der Waals surface area contributed by atoms with Crippen LogP contribution in [0.25, 0.3) is 0 Å². The number of nitrogens with one attached hydrogen (secondary N) is 1. The SMILES string of the molecule is COc1ccc(O)c(/C(C)=N/NC(=O)c2cccnc2)c1. The molecular formula is C15H15N3O3. The zero-order chi connectivity index (χ0) is 15.2. The quantitative estimate of drug-likeness (QED) is 0.664. The summed E-state index contributed by atoms with van der Waals surface area (Å²) >= 11 is 0. The van der Waals surface area contributed by atoms with Crippen LogP contribution in [0.2, 0.25) is 0 Å². The van der Waals surface area contributed by atoms with Crippen molar-refractivity contribution >= 4 is 11.6 Å². The molecule has 21 heavy (non-hydrogen) atoms. The number of nitrogens with zero attached hydrogens (tertiary/aromatic N) is 2. The van der Waals surface area contributed by atoms with Gasteiger partial charge < -0.3 is 9.84 Å². The van der Waals surface area contributed by atoms with E-state index in [0.29, 0.717) is 22.6 Å². The summed E-state index contributed by atoms with van der Waals surface area (Å²) in [7, 11) is 1.53. The van der Waals surface area contributed by atoms with Crippen molar-refractivity contribution in [2.45, 2.75) is 6.92 Å². The Morgan fingerprint density at radius 2 is 2.19 bits per heavy atom. The predicted molar refractivity (Wildman–Crippen MR) is 78.6 cm³/mol. The number of carbonyl (C=O) groups excluding carboxylic acids is 1. The summed E-state index contributed by atoms with van der Waals surface area (Å²) in [5.74, 6) is 0.286. The summed E-state index contributed by atoms with van der Waals surface area (Å²) in [6, 6.07) is 8.09. The Morgan fingerprint density at radius 1 is 1.38 bits per heavy atom. The standard InChI is InChI=1S/C15H15N3O3/c1-10(13-8-12(21-2)5-6-14(13)19)17-18-15(20)11-4-3-7-16-9-11/h3-9,19H,1-2H3,(H,18,20)/b17-10+. The Bertz CT molecular complexity index is 669. The van der Waals surface area contributed by atoms with E-state index in [4.69, 9.17) is 4.74 Å². The zero-order valence-corrected chi connectivity index (χ0v) is 11.7. The molecular weight excluding hydrogens is 270 g/mol. The van der Waals surface area contributed by atoms with Gasteiger partial charge in [0.15, 0.2) is 0 Å². The number of pyridine rings is 1. The third kappa shape index (κ3) is 3.56. The minimum Gasteiger partial charge on any atom is -0.507 e. The molecule has 0 atom stereocenters. The number of hydrogen-bond acceptors (Lipinski definition) is 5. The molecule has 1 aromatic heterocycles. The van der Waals surface area contributed by atoms with Crippen LogP contribution in [0.5, 0.6) is 11.5 Å². The van der Waals surface area contributed by atoms with Crippen LogP contribution in [0.4, 0.5) is 0 Å². The maximum atomic E-state index is 11.8. The molecule has 0 saturated heterocycles. The van der Waals surface area contributed by atoms with Crippen LogP contribution in [-0.4, -0.2) is 28.8 Å². The van der Waals surface area contributed by atoms with Gasteiger partial charge in [-0.15, -0.1) is 0 Å². The van der Waals surface area contributed by atoms with Crippen molar-refractivity contribution in [3.8, 4) is 11.5 Å². The van der Waals surface area contributed by atoms with E-state index in [1.165, 1.54) is 19.4 Å². The van der Waals surface area contributed by atoms with Gasteiger partial charge >= 0.3 is 0 Å². The molecule has 0 bridgehead atoms. The molecule has 0 aliphatic carbocycles. The molecule has 0 fully saturated rings. The maximum absolute atomic E-state index is 11.8. The number of aromatic nitrogens is 1. The van der Waals surface area contributed by atoms with Crippen molar-refractivity contribution in [3.63, 3.8) is 0 Å². The fourth-order valence-corrected chi connectivity index (χ4v) is 1.69. The molecule has 108 valence electrons. The Balaban J connectivity index is 2.16. The van der Waals surface area contributed by atoms with Crippen molar-refractivity contribution in [1.82, 2.24) is 10.4 Å². The van der Waals surface area contributed by atoms with E-state index < -0.39 is 0 Å². The van der Waals surface area contributed by atoms with Crippen LogP contribution in [-0.2, 0) is 0 Å². The van der Waals surface area contributed by atoms with Crippen LogP contribution in [0.3, 0.4) is 0 Å². The third-order valence-electron chi connectivity index (χ3n) is 2.84. The van der Waals surface area contributed by atoms with Gasteiger partial charge in [-0.1, -0.05) is 0 Å². The van der Waals surface area contributed by atoms with Crippen molar-refractivity contribution < 1.29 is 14.6 Å². The largest absolute Gasteiger partial charge is 0.507 e. The molecule has 0 aliphatic rings. The number of phenolic OH excluding ortho intramolecular Hbond substituents is 1. The lowest BCUT2D eigenvalue weighted by molar-refractivity contribution is 0.0954. The first-order valence-electron chi connectivity index (χ1n) is 6.24. The highest BCUT2D eigenvalue weighted by Gasteiger charge is 2.08. The first-order chi connectivity index (χ1) is 10.1. The van der Waals surface area contributed by atoms with Crippen LogP contribution >= 0.6 is 0 Å². The number of hydrazone groups is 1. The highest BCUT2D eigenvalue weighted by molar-refractivity contribution is 6.02. The van der Waals surface area contributed by atoms with E-state index in [0.717, 1.165) is 0 Å². The van der Waals surface area contributed by atoms with Crippen LogP contribution in [0.15, 0.2) is 47.8 Å². The summed E-state index contributed by atoms with van der Waals surface area (Å²) < 4.78 is 5.09. The number of methoxy groups -OCH3 is 1. The first-order valence-corrected chi connectivity index (χ1v) is 6.24. The number of benzene rings is 1. The Hall–Kier alpha value is -2.89. The van der Waals surface area contributed by atoms with Gasteiger partial charge in [0.25, 0.3) is 5.91 Å². The second kappa shape index (κ2) is 6.51. The number of hydrogen-bond donors (Lipinski definition) is 2. The van der Waals surface area contributed by atoms with E-state index in [1.54, 1.807) is 37.4 Å². The molecule has 1 aromatic carbocycles. The number of ether oxygens (including phenoxy) is 1. The van der Waals surface area contributed by atoms with Gasteiger partial charge in [-0.3, -0.25) is 9.78 Å². The topological polar surface area (TPSA) is 83.8 Å². The molecule has 2 rings (SSSR count). The monoisotopic (exact) mass is 285 g/mol. The van der Waals surface area contributed by atoms with Crippen molar-refractivity contribution in [2.24, 2.45) is 5.10 Å². The molecule has 6 nitrogen and oxygen atoms in total. The molecule has 6 heteroatoms.